The Morgan fingerprint density at radius 3 is 1.70 bits per heavy atom. The van der Waals surface area contributed by atoms with Gasteiger partial charge in [-0.05, 0) is 0 Å². The van der Waals surface area contributed by atoms with Crippen molar-refractivity contribution in [2.45, 2.75) is 0 Å². The summed E-state index contributed by atoms with van der Waals surface area (Å²) >= 11 is 0. The summed E-state index contributed by atoms with van der Waals surface area (Å²) in [5.41, 5.74) is 0. The van der Waals surface area contributed by atoms with Gasteiger partial charge < -0.3 is 10.2 Å². The van der Waals surface area contributed by atoms with Crippen LogP contribution in [0.15, 0.2) is 0 Å². The van der Waals surface area contributed by atoms with Gasteiger partial charge in [0, 0.05) is 0 Å². The molecule has 0 rings (SSSR count). The van der Waals surface area contributed by atoms with E-state index in [-0.39, 0.29) is 5.34 Å². The highest BCUT2D eigenvalue weighted by Crippen LogP contribution is 1.84. The molecule has 0 unspecified atom stereocenters. The van der Waals surface area contributed by atoms with Crippen molar-refractivity contribution in [3.8, 4) is 0 Å². The lowest BCUT2D eigenvalue weighted by molar-refractivity contribution is -0.314. The van der Waals surface area contributed by atoms with E-state index in [1.54, 1.807) is 0 Å². The molecule has 0 spiro atoms. The molecule has 0 amide bonds. The molecule has 0 aliphatic carbocycles. The molecule has 0 radical (unpaired) electrons. The zero-order chi connectivity index (χ0) is 8.15. The molecule has 10 heavy (non-hydrogen) atoms. The van der Waals surface area contributed by atoms with Crippen molar-refractivity contribution in [1.29, 1.82) is 0 Å². The highest BCUT2D eigenvalue weighted by atomic mass is 17.0. The molecular formula is C2H4N2O6. The van der Waals surface area contributed by atoms with E-state index in [9.17, 15) is 9.59 Å². The fourth-order valence-electron chi connectivity index (χ4n) is 0.173. The molecule has 0 aromatic rings. The van der Waals surface area contributed by atoms with Crippen molar-refractivity contribution in [3.05, 3.63) is 0 Å². The van der Waals surface area contributed by atoms with E-state index in [4.69, 9.17) is 10.2 Å². The van der Waals surface area contributed by atoms with Crippen LogP contribution in [0, 0.1) is 0 Å². The molecule has 0 aliphatic rings. The molecule has 0 saturated heterocycles. The second-order valence-electron chi connectivity index (χ2n) is 1.000. The van der Waals surface area contributed by atoms with Crippen LogP contribution in [0.1, 0.15) is 0 Å². The minimum atomic E-state index is -1.77. The van der Waals surface area contributed by atoms with Crippen molar-refractivity contribution in [1.82, 2.24) is 5.34 Å². The van der Waals surface area contributed by atoms with Crippen LogP contribution in [0.4, 0.5) is 9.59 Å². The first-order valence-corrected chi connectivity index (χ1v) is 1.89. The van der Waals surface area contributed by atoms with Crippen molar-refractivity contribution in [2.75, 3.05) is 0 Å². The Hall–Kier alpha value is -1.54. The average molecular weight is 152 g/mol. The van der Waals surface area contributed by atoms with E-state index in [1.807, 2.05) is 0 Å². The second kappa shape index (κ2) is 3.48. The Labute approximate surface area is 54.2 Å². The summed E-state index contributed by atoms with van der Waals surface area (Å²) in [6.45, 7) is 0. The highest BCUT2D eigenvalue weighted by molar-refractivity contribution is 5.57. The van der Waals surface area contributed by atoms with E-state index in [0.29, 0.717) is 0 Å². The van der Waals surface area contributed by atoms with Crippen LogP contribution in [-0.2, 0) is 9.68 Å². The van der Waals surface area contributed by atoms with Gasteiger partial charge in [-0.1, -0.05) is 0 Å². The van der Waals surface area contributed by atoms with Gasteiger partial charge in [0.1, 0.15) is 5.34 Å². The number of carbonyl (C=O) groups is 2. The van der Waals surface area contributed by atoms with Crippen molar-refractivity contribution in [3.63, 3.8) is 0 Å². The van der Waals surface area contributed by atoms with E-state index >= 15 is 0 Å². The fourth-order valence-corrected chi connectivity index (χ4v) is 0.173. The predicted octanol–water partition coefficient (Wildman–Crippen LogP) is -0.619. The first kappa shape index (κ1) is 8.46. The maximum Gasteiger partial charge on any atom is 0.529 e. The summed E-state index contributed by atoms with van der Waals surface area (Å²) < 4.78 is 0. The third-order valence-corrected chi connectivity index (χ3v) is 0.336. The van der Waals surface area contributed by atoms with Gasteiger partial charge in [0.2, 0.25) is 0 Å². The maximum atomic E-state index is 9.57. The summed E-state index contributed by atoms with van der Waals surface area (Å²) in [4.78, 5) is 26.1. The van der Waals surface area contributed by atoms with Gasteiger partial charge in [-0.3, -0.25) is 9.68 Å². The topological polar surface area (TPSA) is 122 Å². The third-order valence-electron chi connectivity index (χ3n) is 0.336. The molecule has 0 aromatic heterocycles. The fraction of sp³-hybridized carbons (Fsp3) is 0. The Balaban J connectivity index is 3.53. The Morgan fingerprint density at radius 2 is 1.50 bits per heavy atom. The van der Waals surface area contributed by atoms with Crippen LogP contribution in [0.3, 0.4) is 0 Å². The monoisotopic (exact) mass is 152 g/mol. The molecular weight excluding hydrogens is 148 g/mol. The van der Waals surface area contributed by atoms with E-state index < -0.39 is 12.3 Å². The van der Waals surface area contributed by atoms with Gasteiger partial charge in [0.15, 0.2) is 0 Å². The van der Waals surface area contributed by atoms with E-state index in [0.717, 1.165) is 0 Å². The Morgan fingerprint density at radius 1 is 1.20 bits per heavy atom. The molecule has 0 heterocycles. The zero-order valence-corrected chi connectivity index (χ0v) is 4.55. The molecule has 8 heteroatoms. The van der Waals surface area contributed by atoms with Crippen molar-refractivity contribution >= 4 is 12.3 Å². The van der Waals surface area contributed by atoms with Gasteiger partial charge in [-0.15, -0.1) is 0 Å². The summed E-state index contributed by atoms with van der Waals surface area (Å²) in [6.07, 6.45) is -3.55. The molecule has 0 aromatic carbocycles. The minimum absolute atomic E-state index is 0.301. The second-order valence-corrected chi connectivity index (χ2v) is 1.000. The average Bonchev–Trinajstić information content (AvgIpc) is 1.58. The SMILES string of the molecule is NN(OC(=O)O)OC(=O)O. The molecule has 58 valence electrons. The number of carboxylic acid groups (broad SMARTS) is 2. The van der Waals surface area contributed by atoms with Gasteiger partial charge in [0.25, 0.3) is 0 Å². The lowest BCUT2D eigenvalue weighted by atomic mass is 11.4. The van der Waals surface area contributed by atoms with Gasteiger partial charge in [-0.2, -0.15) is 5.84 Å². The quantitative estimate of drug-likeness (QED) is 0.353. The summed E-state index contributed by atoms with van der Waals surface area (Å²) in [6, 6.07) is 0. The molecule has 0 atom stereocenters. The minimum Gasteiger partial charge on any atom is -0.448 e. The van der Waals surface area contributed by atoms with Gasteiger partial charge in [0.05, 0.1) is 0 Å². The molecule has 8 nitrogen and oxygen atoms in total. The number of hydrogen-bond donors (Lipinski definition) is 3. The van der Waals surface area contributed by atoms with Gasteiger partial charge >= 0.3 is 12.3 Å². The maximum absolute atomic E-state index is 9.57. The highest BCUT2D eigenvalue weighted by Gasteiger charge is 2.09. The van der Waals surface area contributed by atoms with Gasteiger partial charge in [-0.25, -0.2) is 9.59 Å². The number of nitrogens with zero attached hydrogens (tertiary/aromatic N) is 1. The largest absolute Gasteiger partial charge is 0.529 e. The number of rotatable bonds is 2. The normalized spacial score (nSPS) is 9.00. The predicted molar refractivity (Wildman–Crippen MR) is 24.2 cm³/mol. The lowest BCUT2D eigenvalue weighted by Crippen LogP contribution is -2.35. The first-order chi connectivity index (χ1) is 4.52. The molecule has 0 aliphatic heterocycles. The Kier molecular flexibility index (Phi) is 2.94. The van der Waals surface area contributed by atoms with Crippen LogP contribution in [0.25, 0.3) is 0 Å². The molecule has 0 saturated carbocycles. The Bertz CT molecular complexity index is 129. The van der Waals surface area contributed by atoms with E-state index in [2.05, 4.69) is 15.5 Å². The lowest BCUT2D eigenvalue weighted by Gasteiger charge is -2.07. The summed E-state index contributed by atoms with van der Waals surface area (Å²) in [7, 11) is 0. The molecule has 0 bridgehead atoms. The summed E-state index contributed by atoms with van der Waals surface area (Å²) in [5, 5.41) is 15.3. The van der Waals surface area contributed by atoms with Crippen LogP contribution >= 0.6 is 0 Å². The molecule has 0 fully saturated rings. The number of hydrogen-bond acceptors (Lipinski definition) is 6. The number of hydrazine groups is 1. The van der Waals surface area contributed by atoms with E-state index in [1.165, 1.54) is 0 Å². The standard InChI is InChI=1S/C2H4N2O6/c3-4(9-1(5)6)10-2(7)8/h3H2,(H,5,6)(H,7,8). The molecule has 4 N–H and O–H groups in total. The smallest absolute Gasteiger partial charge is 0.448 e. The first-order valence-electron chi connectivity index (χ1n) is 1.89. The van der Waals surface area contributed by atoms with Crippen LogP contribution in [0.2, 0.25) is 0 Å². The van der Waals surface area contributed by atoms with Crippen LogP contribution in [-0.4, -0.2) is 27.9 Å². The zero-order valence-electron chi connectivity index (χ0n) is 4.55. The summed E-state index contributed by atoms with van der Waals surface area (Å²) in [5.74, 6) is 4.50. The van der Waals surface area contributed by atoms with Crippen molar-refractivity contribution < 1.29 is 29.5 Å². The third kappa shape index (κ3) is 4.61. The van der Waals surface area contributed by atoms with Crippen LogP contribution in [0.5, 0.6) is 0 Å². The van der Waals surface area contributed by atoms with Crippen molar-refractivity contribution in [2.24, 2.45) is 5.84 Å². The number of nitrogens with two attached hydrogens (primary N) is 1. The van der Waals surface area contributed by atoms with Crippen LogP contribution < -0.4 is 5.84 Å².